The Morgan fingerprint density at radius 3 is 2.79 bits per heavy atom. The van der Waals surface area contributed by atoms with E-state index in [-0.39, 0.29) is 0 Å². The molecule has 0 bridgehead atoms. The van der Waals surface area contributed by atoms with Crippen LogP contribution >= 0.6 is 23.1 Å². The molecule has 0 radical (unpaired) electrons. The summed E-state index contributed by atoms with van der Waals surface area (Å²) in [5, 5.41) is 16.3. The van der Waals surface area contributed by atoms with Crippen LogP contribution in [0.3, 0.4) is 0 Å². The molecule has 0 fully saturated rings. The van der Waals surface area contributed by atoms with Gasteiger partial charge in [-0.3, -0.25) is 0 Å². The Morgan fingerprint density at radius 2 is 2.08 bits per heavy atom. The first-order valence-electron chi connectivity index (χ1n) is 7.41. The summed E-state index contributed by atoms with van der Waals surface area (Å²) in [6.45, 7) is 2.67. The second-order valence-corrected chi connectivity index (χ2v) is 7.02. The van der Waals surface area contributed by atoms with Crippen molar-refractivity contribution in [2.45, 2.75) is 30.0 Å². The smallest absolute Gasteiger partial charge is 0.226 e. The van der Waals surface area contributed by atoms with Crippen LogP contribution in [-0.2, 0) is 18.7 Å². The van der Waals surface area contributed by atoms with Crippen molar-refractivity contribution in [3.63, 3.8) is 0 Å². The van der Waals surface area contributed by atoms with Crippen LogP contribution in [0.25, 0.3) is 0 Å². The topological polar surface area (TPSA) is 86.0 Å². The van der Waals surface area contributed by atoms with Crippen molar-refractivity contribution in [3.05, 3.63) is 41.5 Å². The van der Waals surface area contributed by atoms with Crippen LogP contribution in [0, 0.1) is 0 Å². The van der Waals surface area contributed by atoms with Gasteiger partial charge in [-0.15, -0.1) is 10.2 Å². The molecule has 2 aromatic heterocycles. The molecular weight excluding hydrogens is 346 g/mol. The highest BCUT2D eigenvalue weighted by Crippen LogP contribution is 2.28. The summed E-state index contributed by atoms with van der Waals surface area (Å²) in [5.41, 5.74) is 1.15. The fourth-order valence-electron chi connectivity index (χ4n) is 1.88. The molecule has 126 valence electrons. The van der Waals surface area contributed by atoms with Gasteiger partial charge >= 0.3 is 0 Å². The zero-order valence-corrected chi connectivity index (χ0v) is 15.0. The zero-order valence-electron chi connectivity index (χ0n) is 13.4. The molecule has 0 unspecified atom stereocenters. The Kier molecular flexibility index (Phi) is 5.65. The van der Waals surface area contributed by atoms with Gasteiger partial charge in [-0.05, 0) is 17.7 Å². The van der Waals surface area contributed by atoms with Crippen molar-refractivity contribution in [1.29, 1.82) is 0 Å². The van der Waals surface area contributed by atoms with Gasteiger partial charge in [0.15, 0.2) is 10.2 Å². The molecule has 0 saturated carbocycles. The second-order valence-electron chi connectivity index (χ2n) is 4.82. The molecular formula is C15H17N5O2S2. The number of nitrogens with one attached hydrogen (secondary N) is 1. The summed E-state index contributed by atoms with van der Waals surface area (Å²) in [4.78, 5) is 4.27. The number of aryl methyl sites for hydroxylation is 1. The second kappa shape index (κ2) is 8.11. The Balaban J connectivity index is 1.49. The number of nitrogens with zero attached hydrogens (tertiary/aromatic N) is 4. The number of hydrogen-bond donors (Lipinski definition) is 1. The molecule has 1 aromatic carbocycles. The van der Waals surface area contributed by atoms with Crippen molar-refractivity contribution >= 4 is 28.2 Å². The van der Waals surface area contributed by atoms with E-state index in [0.29, 0.717) is 24.0 Å². The first-order valence-corrected chi connectivity index (χ1v) is 9.21. The van der Waals surface area contributed by atoms with Crippen LogP contribution < -0.4 is 10.1 Å². The molecule has 0 amide bonds. The number of rotatable bonds is 8. The van der Waals surface area contributed by atoms with E-state index in [4.69, 9.17) is 9.26 Å². The molecule has 9 heteroatoms. The number of methoxy groups -OCH3 is 1. The van der Waals surface area contributed by atoms with E-state index >= 15 is 0 Å². The third-order valence-electron chi connectivity index (χ3n) is 3.15. The van der Waals surface area contributed by atoms with Crippen LogP contribution in [-0.4, -0.2) is 27.4 Å². The number of benzene rings is 1. The van der Waals surface area contributed by atoms with Crippen molar-refractivity contribution in [2.75, 3.05) is 12.4 Å². The monoisotopic (exact) mass is 363 g/mol. The molecule has 3 aromatic rings. The number of thioether (sulfide) groups is 1. The lowest BCUT2D eigenvalue weighted by Gasteiger charge is -2.03. The number of hydrogen-bond acceptors (Lipinski definition) is 9. The van der Waals surface area contributed by atoms with Crippen LogP contribution in [0.4, 0.5) is 5.13 Å². The summed E-state index contributed by atoms with van der Waals surface area (Å²) in [7, 11) is 1.66. The van der Waals surface area contributed by atoms with Crippen molar-refractivity contribution in [2.24, 2.45) is 0 Å². The minimum absolute atomic E-state index is 0.622. The fraction of sp³-hybridized carbons (Fsp3) is 0.333. The van der Waals surface area contributed by atoms with Crippen molar-refractivity contribution < 1.29 is 9.26 Å². The highest BCUT2D eigenvalue weighted by molar-refractivity contribution is 8.00. The van der Waals surface area contributed by atoms with E-state index in [9.17, 15) is 0 Å². The van der Waals surface area contributed by atoms with E-state index in [1.54, 1.807) is 18.9 Å². The maximum absolute atomic E-state index is 5.15. The number of aromatic nitrogens is 4. The summed E-state index contributed by atoms with van der Waals surface area (Å²) < 4.78 is 11.1. The predicted octanol–water partition coefficient (Wildman–Crippen LogP) is 3.40. The van der Waals surface area contributed by atoms with Crippen LogP contribution in [0.1, 0.15) is 24.2 Å². The van der Waals surface area contributed by atoms with Crippen LogP contribution in [0.15, 0.2) is 33.1 Å². The summed E-state index contributed by atoms with van der Waals surface area (Å²) in [5.74, 6) is 2.81. The highest BCUT2D eigenvalue weighted by Gasteiger charge is 2.09. The first-order chi connectivity index (χ1) is 11.8. The predicted molar refractivity (Wildman–Crippen MR) is 93.5 cm³/mol. The largest absolute Gasteiger partial charge is 0.497 e. The maximum Gasteiger partial charge on any atom is 0.226 e. The quantitative estimate of drug-likeness (QED) is 0.610. The standard InChI is InChI=1S/C15H17N5O2S2/c1-3-13-17-12(20-22-13)9-23-15-19-18-14(24-15)16-8-10-4-6-11(21-2)7-5-10/h4-7H,3,8-9H2,1-2H3,(H,16,18). The lowest BCUT2D eigenvalue weighted by Crippen LogP contribution is -1.98. The maximum atomic E-state index is 5.15. The van der Waals surface area contributed by atoms with Gasteiger partial charge in [0, 0.05) is 13.0 Å². The molecule has 0 aliphatic heterocycles. The SMILES string of the molecule is CCc1nc(CSc2nnc(NCc3ccc(OC)cc3)s2)no1. The molecule has 3 rings (SSSR count). The molecule has 0 spiro atoms. The Bertz CT molecular complexity index is 772. The van der Waals surface area contributed by atoms with E-state index in [1.807, 2.05) is 31.2 Å². The molecule has 7 nitrogen and oxygen atoms in total. The molecule has 0 atom stereocenters. The number of ether oxygens (including phenoxy) is 1. The Morgan fingerprint density at radius 1 is 1.25 bits per heavy atom. The molecule has 0 saturated heterocycles. The van der Waals surface area contributed by atoms with Gasteiger partial charge in [0.1, 0.15) is 5.75 Å². The molecule has 0 aliphatic rings. The molecule has 0 aliphatic carbocycles. The van der Waals surface area contributed by atoms with Crippen molar-refractivity contribution in [1.82, 2.24) is 20.3 Å². The highest BCUT2D eigenvalue weighted by atomic mass is 32.2. The average molecular weight is 363 g/mol. The van der Waals surface area contributed by atoms with Gasteiger partial charge in [0.25, 0.3) is 0 Å². The van der Waals surface area contributed by atoms with Gasteiger partial charge in [-0.1, -0.05) is 47.3 Å². The summed E-state index contributed by atoms with van der Waals surface area (Å²) >= 11 is 3.06. The normalized spacial score (nSPS) is 10.8. The minimum Gasteiger partial charge on any atom is -0.497 e. The van der Waals surface area contributed by atoms with Gasteiger partial charge in [0.2, 0.25) is 11.0 Å². The van der Waals surface area contributed by atoms with Crippen molar-refractivity contribution in [3.8, 4) is 5.75 Å². The van der Waals surface area contributed by atoms with E-state index in [0.717, 1.165) is 27.2 Å². The molecule has 1 N–H and O–H groups in total. The third kappa shape index (κ3) is 4.45. The van der Waals surface area contributed by atoms with E-state index in [2.05, 4.69) is 25.7 Å². The van der Waals surface area contributed by atoms with Gasteiger partial charge < -0.3 is 14.6 Å². The fourth-order valence-corrected chi connectivity index (χ4v) is 3.47. The van der Waals surface area contributed by atoms with Crippen LogP contribution in [0.5, 0.6) is 5.75 Å². The van der Waals surface area contributed by atoms with Crippen LogP contribution in [0.2, 0.25) is 0 Å². The van der Waals surface area contributed by atoms with Gasteiger partial charge in [-0.2, -0.15) is 4.98 Å². The minimum atomic E-state index is 0.622. The zero-order chi connectivity index (χ0) is 16.8. The third-order valence-corrected chi connectivity index (χ3v) is 5.16. The Hall–Kier alpha value is -2.13. The first kappa shape index (κ1) is 16.7. The van der Waals surface area contributed by atoms with E-state index in [1.165, 1.54) is 11.3 Å². The summed E-state index contributed by atoms with van der Waals surface area (Å²) in [6.07, 6.45) is 0.746. The lowest BCUT2D eigenvalue weighted by molar-refractivity contribution is 0.378. The molecule has 24 heavy (non-hydrogen) atoms. The molecule has 2 heterocycles. The van der Waals surface area contributed by atoms with Gasteiger partial charge in [-0.25, -0.2) is 0 Å². The lowest BCUT2D eigenvalue weighted by atomic mass is 10.2. The van der Waals surface area contributed by atoms with Gasteiger partial charge in [0.05, 0.1) is 12.9 Å². The Labute approximate surface area is 147 Å². The van der Waals surface area contributed by atoms with E-state index < -0.39 is 0 Å². The average Bonchev–Trinajstić information content (AvgIpc) is 3.27. The number of anilines is 1. The summed E-state index contributed by atoms with van der Waals surface area (Å²) in [6, 6.07) is 7.91.